The third-order valence-electron chi connectivity index (χ3n) is 4.28. The number of hydrogen-bond donors (Lipinski definition) is 0. The maximum atomic E-state index is 5.85. The Morgan fingerprint density at radius 1 is 0.821 bits per heavy atom. The Morgan fingerprint density at radius 2 is 1.68 bits per heavy atom. The Morgan fingerprint density at radius 3 is 2.46 bits per heavy atom. The molecule has 7 nitrogen and oxygen atoms in total. The molecule has 0 amide bonds. The summed E-state index contributed by atoms with van der Waals surface area (Å²) in [6, 6.07) is 18.9. The van der Waals surface area contributed by atoms with E-state index in [1.165, 1.54) is 0 Å². The van der Waals surface area contributed by atoms with Crippen molar-refractivity contribution in [1.82, 2.24) is 20.1 Å². The number of hydrogen-bond acceptors (Lipinski definition) is 7. The van der Waals surface area contributed by atoms with Crippen LogP contribution in [0.15, 0.2) is 75.8 Å². The zero-order chi connectivity index (χ0) is 18.9. The van der Waals surface area contributed by atoms with Gasteiger partial charge >= 0.3 is 0 Å². The van der Waals surface area contributed by atoms with Gasteiger partial charge in [-0.15, -0.1) is 0 Å². The quantitative estimate of drug-likeness (QED) is 0.456. The lowest BCUT2D eigenvalue weighted by Crippen LogP contribution is -1.87. The molecular formula is C21H14N4O3. The van der Waals surface area contributed by atoms with Gasteiger partial charge in [-0.25, -0.2) is 9.97 Å². The van der Waals surface area contributed by atoms with Crippen LogP contribution in [-0.4, -0.2) is 27.2 Å². The zero-order valence-electron chi connectivity index (χ0n) is 14.9. The molecule has 0 unspecified atom stereocenters. The average molecular weight is 370 g/mol. The predicted octanol–water partition coefficient (Wildman–Crippen LogP) is 4.62. The van der Waals surface area contributed by atoms with Crippen LogP contribution in [-0.2, 0) is 0 Å². The second kappa shape index (κ2) is 6.62. The van der Waals surface area contributed by atoms with Gasteiger partial charge < -0.3 is 13.7 Å². The van der Waals surface area contributed by atoms with E-state index in [1.807, 2.05) is 54.6 Å². The minimum absolute atomic E-state index is 0.385. The van der Waals surface area contributed by atoms with Crippen LogP contribution in [0.3, 0.4) is 0 Å². The standard InChI is InChI=1S/C21H14N4O3/c1-26-18-10-8-15(12-22-18)21-24-19(25-28-21)14-7-9-17-16(11-14)23-20(27-17)13-5-3-2-4-6-13/h2-12H,1H3. The SMILES string of the molecule is COc1ccc(-c2nc(-c3ccc4oc(-c5ccccc5)nc4c3)no2)cn1. The fourth-order valence-electron chi connectivity index (χ4n) is 2.86. The molecule has 0 atom stereocenters. The molecule has 2 aromatic carbocycles. The molecule has 0 saturated heterocycles. The largest absolute Gasteiger partial charge is 0.481 e. The predicted molar refractivity (Wildman–Crippen MR) is 103 cm³/mol. The number of rotatable bonds is 4. The molecule has 0 aliphatic rings. The number of aromatic nitrogens is 4. The minimum Gasteiger partial charge on any atom is -0.481 e. The molecule has 136 valence electrons. The van der Waals surface area contributed by atoms with Crippen molar-refractivity contribution in [2.45, 2.75) is 0 Å². The summed E-state index contributed by atoms with van der Waals surface area (Å²) in [4.78, 5) is 13.2. The van der Waals surface area contributed by atoms with Gasteiger partial charge in [0.1, 0.15) is 5.52 Å². The Balaban J connectivity index is 1.48. The molecule has 0 radical (unpaired) electrons. The van der Waals surface area contributed by atoms with Gasteiger partial charge in [0.15, 0.2) is 5.58 Å². The van der Waals surface area contributed by atoms with Crippen molar-refractivity contribution in [2.24, 2.45) is 0 Å². The molecule has 0 saturated carbocycles. The lowest BCUT2D eigenvalue weighted by Gasteiger charge is -1.97. The van der Waals surface area contributed by atoms with Crippen LogP contribution in [0, 0.1) is 0 Å². The van der Waals surface area contributed by atoms with E-state index in [0.29, 0.717) is 34.6 Å². The first kappa shape index (κ1) is 16.2. The van der Waals surface area contributed by atoms with Crippen LogP contribution in [0.25, 0.3) is 45.4 Å². The van der Waals surface area contributed by atoms with E-state index < -0.39 is 0 Å². The van der Waals surface area contributed by atoms with Gasteiger partial charge in [0, 0.05) is 23.4 Å². The first-order valence-electron chi connectivity index (χ1n) is 8.61. The van der Waals surface area contributed by atoms with E-state index >= 15 is 0 Å². The van der Waals surface area contributed by atoms with Crippen LogP contribution < -0.4 is 4.74 Å². The van der Waals surface area contributed by atoms with E-state index in [-0.39, 0.29) is 0 Å². The lowest BCUT2D eigenvalue weighted by molar-refractivity contribution is 0.397. The molecule has 0 N–H and O–H groups in total. The second-order valence-corrected chi connectivity index (χ2v) is 6.08. The zero-order valence-corrected chi connectivity index (χ0v) is 14.9. The topological polar surface area (TPSA) is 87.1 Å². The molecule has 0 fully saturated rings. The molecule has 5 aromatic rings. The molecule has 5 rings (SSSR count). The van der Waals surface area contributed by atoms with E-state index in [2.05, 4.69) is 20.1 Å². The van der Waals surface area contributed by atoms with Crippen LogP contribution in [0.2, 0.25) is 0 Å². The number of fused-ring (bicyclic) bond motifs is 1. The Hall–Kier alpha value is -4.00. The monoisotopic (exact) mass is 370 g/mol. The molecule has 7 heteroatoms. The third-order valence-corrected chi connectivity index (χ3v) is 4.28. The van der Waals surface area contributed by atoms with Gasteiger partial charge in [0.2, 0.25) is 17.6 Å². The van der Waals surface area contributed by atoms with Crippen molar-refractivity contribution in [3.63, 3.8) is 0 Å². The highest BCUT2D eigenvalue weighted by Crippen LogP contribution is 2.28. The molecule has 0 spiro atoms. The summed E-state index contributed by atoms with van der Waals surface area (Å²) < 4.78 is 16.3. The van der Waals surface area contributed by atoms with Crippen LogP contribution in [0.1, 0.15) is 0 Å². The third kappa shape index (κ3) is 2.88. The summed E-state index contributed by atoms with van der Waals surface area (Å²) in [6.07, 6.45) is 1.63. The first-order chi connectivity index (χ1) is 13.8. The summed E-state index contributed by atoms with van der Waals surface area (Å²) in [7, 11) is 1.57. The Bertz CT molecular complexity index is 1240. The van der Waals surface area contributed by atoms with Crippen LogP contribution >= 0.6 is 0 Å². The highest BCUT2D eigenvalue weighted by molar-refractivity contribution is 5.81. The van der Waals surface area contributed by atoms with Crippen molar-refractivity contribution in [1.29, 1.82) is 0 Å². The Kier molecular flexibility index (Phi) is 3.83. The summed E-state index contributed by atoms with van der Waals surface area (Å²) in [5, 5.41) is 4.07. The van der Waals surface area contributed by atoms with Crippen molar-refractivity contribution in [3.05, 3.63) is 66.9 Å². The van der Waals surface area contributed by atoms with Crippen molar-refractivity contribution in [2.75, 3.05) is 7.11 Å². The lowest BCUT2D eigenvalue weighted by atomic mass is 10.2. The number of methoxy groups -OCH3 is 1. The molecule has 0 aliphatic carbocycles. The van der Waals surface area contributed by atoms with E-state index in [1.54, 1.807) is 19.4 Å². The first-order valence-corrected chi connectivity index (χ1v) is 8.61. The van der Waals surface area contributed by atoms with Gasteiger partial charge in [-0.05, 0) is 36.4 Å². The van der Waals surface area contributed by atoms with E-state index in [9.17, 15) is 0 Å². The number of ether oxygens (including phenoxy) is 1. The number of nitrogens with zero attached hydrogens (tertiary/aromatic N) is 4. The molecule has 3 aromatic heterocycles. The summed E-state index contributed by atoms with van der Waals surface area (Å²) in [6.45, 7) is 0. The minimum atomic E-state index is 0.385. The van der Waals surface area contributed by atoms with Crippen molar-refractivity contribution in [3.8, 4) is 40.2 Å². The summed E-state index contributed by atoms with van der Waals surface area (Å²) in [5.74, 6) is 1.95. The van der Waals surface area contributed by atoms with Gasteiger partial charge in [-0.1, -0.05) is 23.4 Å². The maximum Gasteiger partial charge on any atom is 0.259 e. The van der Waals surface area contributed by atoms with E-state index in [0.717, 1.165) is 16.6 Å². The fraction of sp³-hybridized carbons (Fsp3) is 0.0476. The van der Waals surface area contributed by atoms with Gasteiger partial charge in [0.25, 0.3) is 5.89 Å². The van der Waals surface area contributed by atoms with Gasteiger partial charge in [-0.3, -0.25) is 0 Å². The van der Waals surface area contributed by atoms with Crippen LogP contribution in [0.4, 0.5) is 0 Å². The van der Waals surface area contributed by atoms with Gasteiger partial charge in [-0.2, -0.15) is 4.98 Å². The number of pyridine rings is 1. The molecular weight excluding hydrogens is 356 g/mol. The van der Waals surface area contributed by atoms with Gasteiger partial charge in [0.05, 0.1) is 12.7 Å². The summed E-state index contributed by atoms with van der Waals surface area (Å²) >= 11 is 0. The molecule has 28 heavy (non-hydrogen) atoms. The molecule has 0 bridgehead atoms. The number of oxazole rings is 1. The van der Waals surface area contributed by atoms with Crippen molar-refractivity contribution >= 4 is 11.1 Å². The van der Waals surface area contributed by atoms with E-state index in [4.69, 9.17) is 13.7 Å². The fourth-order valence-corrected chi connectivity index (χ4v) is 2.86. The average Bonchev–Trinajstić information content (AvgIpc) is 3.41. The maximum absolute atomic E-state index is 5.85. The number of benzene rings is 2. The Labute approximate surface area is 159 Å². The highest BCUT2D eigenvalue weighted by atomic mass is 16.5. The van der Waals surface area contributed by atoms with Crippen LogP contribution in [0.5, 0.6) is 5.88 Å². The van der Waals surface area contributed by atoms with Crippen molar-refractivity contribution < 1.29 is 13.7 Å². The molecule has 3 heterocycles. The second-order valence-electron chi connectivity index (χ2n) is 6.08. The molecule has 0 aliphatic heterocycles. The highest BCUT2D eigenvalue weighted by Gasteiger charge is 2.14. The normalized spacial score (nSPS) is 11.0. The summed E-state index contributed by atoms with van der Waals surface area (Å²) in [5.41, 5.74) is 3.86. The smallest absolute Gasteiger partial charge is 0.259 e.